The molecule has 0 fully saturated rings. The van der Waals surface area contributed by atoms with E-state index in [4.69, 9.17) is 11.6 Å². The Morgan fingerprint density at radius 2 is 2.00 bits per heavy atom. The predicted molar refractivity (Wildman–Crippen MR) is 67.5 cm³/mol. The Kier molecular flexibility index (Phi) is 5.33. The van der Waals surface area contributed by atoms with E-state index in [-0.39, 0.29) is 11.9 Å². The van der Waals surface area contributed by atoms with Crippen LogP contribution in [0.2, 0.25) is 5.02 Å². The Labute approximate surface area is 102 Å². The summed E-state index contributed by atoms with van der Waals surface area (Å²) in [4.78, 5) is 11.5. The average molecular weight is 240 g/mol. The smallest absolute Gasteiger partial charge is 0.220 e. The molecule has 0 heterocycles. The number of benzene rings is 1. The fourth-order valence-electron chi connectivity index (χ4n) is 1.49. The van der Waals surface area contributed by atoms with Gasteiger partial charge in [0.15, 0.2) is 0 Å². The van der Waals surface area contributed by atoms with Crippen LogP contribution in [0.25, 0.3) is 0 Å². The number of nitrogens with one attached hydrogen (secondary N) is 1. The molecule has 0 aliphatic carbocycles. The maximum absolute atomic E-state index is 11.5. The molecule has 0 saturated carbocycles. The van der Waals surface area contributed by atoms with Gasteiger partial charge < -0.3 is 5.32 Å². The summed E-state index contributed by atoms with van der Waals surface area (Å²) in [5.41, 5.74) is 1.08. The van der Waals surface area contributed by atoms with Gasteiger partial charge in [-0.3, -0.25) is 4.79 Å². The van der Waals surface area contributed by atoms with E-state index in [9.17, 15) is 4.79 Å². The second kappa shape index (κ2) is 6.54. The second-order valence-electron chi connectivity index (χ2n) is 3.94. The highest BCUT2D eigenvalue weighted by molar-refractivity contribution is 6.30. The van der Waals surface area contributed by atoms with Crippen molar-refractivity contribution >= 4 is 17.5 Å². The van der Waals surface area contributed by atoms with Gasteiger partial charge in [-0.15, -0.1) is 0 Å². The molecule has 2 nitrogen and oxygen atoms in total. The van der Waals surface area contributed by atoms with Gasteiger partial charge >= 0.3 is 0 Å². The summed E-state index contributed by atoms with van der Waals surface area (Å²) >= 11 is 5.80. The zero-order chi connectivity index (χ0) is 12.0. The van der Waals surface area contributed by atoms with Gasteiger partial charge in [0.25, 0.3) is 0 Å². The highest BCUT2D eigenvalue weighted by Crippen LogP contribution is 2.16. The van der Waals surface area contributed by atoms with Gasteiger partial charge in [0.2, 0.25) is 5.91 Å². The third-order valence-electron chi connectivity index (χ3n) is 2.50. The molecule has 0 aliphatic heterocycles. The summed E-state index contributed by atoms with van der Waals surface area (Å²) in [5.74, 6) is 0.115. The second-order valence-corrected chi connectivity index (χ2v) is 4.38. The number of carbonyl (C=O) groups is 1. The van der Waals surface area contributed by atoms with Crippen LogP contribution in [-0.2, 0) is 4.79 Å². The van der Waals surface area contributed by atoms with E-state index in [0.717, 1.165) is 18.4 Å². The molecule has 0 unspecified atom stereocenters. The summed E-state index contributed by atoms with van der Waals surface area (Å²) in [7, 11) is 0. The molecular weight excluding hydrogens is 222 g/mol. The Bertz CT molecular complexity index is 334. The maximum atomic E-state index is 11.5. The van der Waals surface area contributed by atoms with E-state index in [1.807, 2.05) is 31.2 Å². The number of amides is 1. The molecule has 1 N–H and O–H groups in total. The molecule has 1 aromatic rings. The van der Waals surface area contributed by atoms with Gasteiger partial charge in [-0.1, -0.05) is 37.1 Å². The first kappa shape index (κ1) is 13.0. The topological polar surface area (TPSA) is 29.1 Å². The van der Waals surface area contributed by atoms with Crippen LogP contribution >= 0.6 is 11.6 Å². The van der Waals surface area contributed by atoms with E-state index in [1.54, 1.807) is 0 Å². The largest absolute Gasteiger partial charge is 0.350 e. The lowest BCUT2D eigenvalue weighted by Crippen LogP contribution is -2.26. The summed E-state index contributed by atoms with van der Waals surface area (Å²) in [6.07, 6.45) is 2.59. The van der Waals surface area contributed by atoms with Gasteiger partial charge in [0.1, 0.15) is 0 Å². The molecule has 0 radical (unpaired) electrons. The first-order valence-corrected chi connectivity index (χ1v) is 6.06. The highest BCUT2D eigenvalue weighted by Gasteiger charge is 2.08. The molecule has 0 aromatic heterocycles. The van der Waals surface area contributed by atoms with Gasteiger partial charge in [-0.25, -0.2) is 0 Å². The van der Waals surface area contributed by atoms with E-state index < -0.39 is 0 Å². The molecule has 0 bridgehead atoms. The minimum absolute atomic E-state index is 0.0432. The van der Waals surface area contributed by atoms with E-state index in [0.29, 0.717) is 11.4 Å². The van der Waals surface area contributed by atoms with Crippen LogP contribution in [0, 0.1) is 0 Å². The first-order valence-electron chi connectivity index (χ1n) is 5.68. The van der Waals surface area contributed by atoms with Gasteiger partial charge in [0, 0.05) is 11.4 Å². The van der Waals surface area contributed by atoms with E-state index in [2.05, 4.69) is 12.2 Å². The Hall–Kier alpha value is -1.02. The molecule has 16 heavy (non-hydrogen) atoms. The number of rotatable bonds is 5. The number of hydrogen-bond donors (Lipinski definition) is 1. The number of halogens is 1. The maximum Gasteiger partial charge on any atom is 0.220 e. The van der Waals surface area contributed by atoms with Crippen molar-refractivity contribution < 1.29 is 4.79 Å². The van der Waals surface area contributed by atoms with Crippen molar-refractivity contribution in [3.05, 3.63) is 34.9 Å². The molecule has 3 heteroatoms. The summed E-state index contributed by atoms with van der Waals surface area (Å²) < 4.78 is 0. The van der Waals surface area contributed by atoms with Gasteiger partial charge in [0.05, 0.1) is 6.04 Å². The van der Waals surface area contributed by atoms with Crippen LogP contribution in [-0.4, -0.2) is 5.91 Å². The summed E-state index contributed by atoms with van der Waals surface area (Å²) in [6.45, 7) is 4.06. The van der Waals surface area contributed by atoms with Crippen LogP contribution in [0.4, 0.5) is 0 Å². The quantitative estimate of drug-likeness (QED) is 0.834. The highest BCUT2D eigenvalue weighted by atomic mass is 35.5. The molecule has 1 aromatic carbocycles. The lowest BCUT2D eigenvalue weighted by Gasteiger charge is -2.14. The first-order chi connectivity index (χ1) is 7.63. The van der Waals surface area contributed by atoms with Crippen molar-refractivity contribution in [1.82, 2.24) is 5.32 Å². The minimum atomic E-state index is 0.0432. The predicted octanol–water partition coefficient (Wildman–Crippen LogP) is 3.71. The summed E-state index contributed by atoms with van der Waals surface area (Å²) in [6, 6.07) is 7.60. The molecule has 1 atom stereocenters. The number of carbonyl (C=O) groups excluding carboxylic acids is 1. The zero-order valence-corrected chi connectivity index (χ0v) is 10.6. The third-order valence-corrected chi connectivity index (χ3v) is 2.76. The Morgan fingerprint density at radius 3 is 2.56 bits per heavy atom. The Morgan fingerprint density at radius 1 is 1.38 bits per heavy atom. The number of hydrogen-bond acceptors (Lipinski definition) is 1. The van der Waals surface area contributed by atoms with Crippen LogP contribution in [0.1, 0.15) is 44.7 Å². The van der Waals surface area contributed by atoms with Crippen molar-refractivity contribution in [2.45, 2.75) is 39.2 Å². The molecular formula is C13H18ClNO. The molecule has 1 amide bonds. The fraction of sp³-hybridized carbons (Fsp3) is 0.462. The SMILES string of the molecule is CCCCC(=O)N[C@@H](C)c1ccc(Cl)cc1. The van der Waals surface area contributed by atoms with Crippen LogP contribution < -0.4 is 5.32 Å². The van der Waals surface area contributed by atoms with E-state index in [1.165, 1.54) is 0 Å². The van der Waals surface area contributed by atoms with Crippen LogP contribution in [0.5, 0.6) is 0 Å². The van der Waals surface area contributed by atoms with Crippen molar-refractivity contribution in [1.29, 1.82) is 0 Å². The molecule has 0 spiro atoms. The van der Waals surface area contributed by atoms with Crippen molar-refractivity contribution in [3.63, 3.8) is 0 Å². The van der Waals surface area contributed by atoms with Crippen molar-refractivity contribution in [3.8, 4) is 0 Å². The summed E-state index contributed by atoms with van der Waals surface area (Å²) in [5, 5.41) is 3.68. The van der Waals surface area contributed by atoms with Crippen molar-refractivity contribution in [2.75, 3.05) is 0 Å². The number of unbranched alkanes of at least 4 members (excludes halogenated alkanes) is 1. The molecule has 1 rings (SSSR count). The monoisotopic (exact) mass is 239 g/mol. The molecule has 88 valence electrons. The van der Waals surface area contributed by atoms with Crippen LogP contribution in [0.15, 0.2) is 24.3 Å². The lowest BCUT2D eigenvalue weighted by atomic mass is 10.1. The molecule has 0 aliphatic rings. The van der Waals surface area contributed by atoms with E-state index >= 15 is 0 Å². The standard InChI is InChI=1S/C13H18ClNO/c1-3-4-5-13(16)15-10(2)11-6-8-12(14)9-7-11/h6-10H,3-5H2,1-2H3,(H,15,16)/t10-/m0/s1. The fourth-order valence-corrected chi connectivity index (χ4v) is 1.61. The normalized spacial score (nSPS) is 12.2. The van der Waals surface area contributed by atoms with Gasteiger partial charge in [-0.2, -0.15) is 0 Å². The van der Waals surface area contributed by atoms with Crippen LogP contribution in [0.3, 0.4) is 0 Å². The minimum Gasteiger partial charge on any atom is -0.350 e. The van der Waals surface area contributed by atoms with Crippen molar-refractivity contribution in [2.24, 2.45) is 0 Å². The van der Waals surface area contributed by atoms with Gasteiger partial charge in [-0.05, 0) is 31.0 Å². The Balaban J connectivity index is 2.48. The zero-order valence-electron chi connectivity index (χ0n) is 9.79. The lowest BCUT2D eigenvalue weighted by molar-refractivity contribution is -0.121. The third kappa shape index (κ3) is 4.23. The molecule has 0 saturated heterocycles. The average Bonchev–Trinajstić information content (AvgIpc) is 2.27.